The van der Waals surface area contributed by atoms with E-state index in [-0.39, 0.29) is 17.9 Å². The molecule has 0 spiro atoms. The molecular formula is C21H22IN3O2. The van der Waals surface area contributed by atoms with E-state index in [0.29, 0.717) is 28.9 Å². The molecule has 2 N–H and O–H groups in total. The molecule has 2 amide bonds. The summed E-state index contributed by atoms with van der Waals surface area (Å²) >= 11 is 2.17. The van der Waals surface area contributed by atoms with E-state index in [9.17, 15) is 9.59 Å². The average molecular weight is 475 g/mol. The van der Waals surface area contributed by atoms with Crippen LogP contribution in [0.5, 0.6) is 0 Å². The molecule has 2 aromatic carbocycles. The van der Waals surface area contributed by atoms with Crippen molar-refractivity contribution < 1.29 is 9.59 Å². The van der Waals surface area contributed by atoms with Crippen LogP contribution in [0.1, 0.15) is 52.8 Å². The molecule has 0 aliphatic carbocycles. The number of carbonyl (C=O) groups excluding carboxylic acids is 2. The Morgan fingerprint density at radius 2 is 1.70 bits per heavy atom. The lowest BCUT2D eigenvalue weighted by molar-refractivity contribution is 0.0108. The summed E-state index contributed by atoms with van der Waals surface area (Å²) in [6, 6.07) is 8.35. The Morgan fingerprint density at radius 1 is 1.04 bits per heavy atom. The average Bonchev–Trinajstić information content (AvgIpc) is 2.64. The van der Waals surface area contributed by atoms with Crippen LogP contribution >= 0.6 is 22.6 Å². The molecule has 0 saturated carbocycles. The van der Waals surface area contributed by atoms with E-state index in [1.807, 2.05) is 24.3 Å². The minimum Gasteiger partial charge on any atom is -0.397 e. The van der Waals surface area contributed by atoms with Gasteiger partial charge in [-0.25, -0.2) is 0 Å². The summed E-state index contributed by atoms with van der Waals surface area (Å²) in [6.45, 7) is 0. The molecule has 0 aromatic heterocycles. The van der Waals surface area contributed by atoms with Crippen LogP contribution in [0.4, 0.5) is 5.69 Å². The lowest BCUT2D eigenvalue weighted by Crippen LogP contribution is -2.58. The molecule has 140 valence electrons. The van der Waals surface area contributed by atoms with E-state index in [4.69, 9.17) is 5.73 Å². The maximum atomic E-state index is 13.4. The highest BCUT2D eigenvalue weighted by Crippen LogP contribution is 2.40. The Morgan fingerprint density at radius 3 is 2.41 bits per heavy atom. The first-order valence-corrected chi connectivity index (χ1v) is 10.7. The smallest absolute Gasteiger partial charge is 0.261 e. The quantitative estimate of drug-likeness (QED) is 0.389. The van der Waals surface area contributed by atoms with Gasteiger partial charge >= 0.3 is 0 Å². The molecule has 5 nitrogen and oxygen atoms in total. The number of nitrogens with zero attached hydrogens (tertiary/aromatic N) is 2. The van der Waals surface area contributed by atoms with E-state index in [2.05, 4.69) is 34.5 Å². The first-order chi connectivity index (χ1) is 13.0. The molecular weight excluding hydrogens is 453 g/mol. The van der Waals surface area contributed by atoms with Gasteiger partial charge in [-0.1, -0.05) is 18.6 Å². The number of anilines is 1. The third-order valence-corrected chi connectivity index (χ3v) is 7.62. The number of nitrogen functional groups attached to an aromatic ring is 1. The molecule has 3 heterocycles. The van der Waals surface area contributed by atoms with Crippen molar-refractivity contribution in [2.45, 2.75) is 50.2 Å². The number of hydrogen-bond donors (Lipinski definition) is 1. The molecule has 3 atom stereocenters. The Bertz CT molecular complexity index is 975. The van der Waals surface area contributed by atoms with Crippen molar-refractivity contribution in [3.8, 4) is 0 Å². The fraction of sp³-hybridized carbons (Fsp3) is 0.429. The minimum absolute atomic E-state index is 0.0184. The second-order valence-electron chi connectivity index (χ2n) is 8.06. The van der Waals surface area contributed by atoms with Crippen molar-refractivity contribution in [2.24, 2.45) is 0 Å². The number of fused-ring (bicyclic) bond motifs is 2. The number of nitrogens with two attached hydrogens (primary N) is 1. The molecule has 27 heavy (non-hydrogen) atoms. The van der Waals surface area contributed by atoms with E-state index in [1.54, 1.807) is 4.90 Å². The predicted molar refractivity (Wildman–Crippen MR) is 114 cm³/mol. The van der Waals surface area contributed by atoms with Gasteiger partial charge in [0, 0.05) is 43.6 Å². The topological polar surface area (TPSA) is 66.6 Å². The Balaban J connectivity index is 1.62. The first-order valence-electron chi connectivity index (χ1n) is 9.58. The maximum Gasteiger partial charge on any atom is 0.261 e. The second-order valence-corrected chi connectivity index (χ2v) is 9.22. The summed E-state index contributed by atoms with van der Waals surface area (Å²) in [7, 11) is 2.19. The van der Waals surface area contributed by atoms with Gasteiger partial charge in [0.15, 0.2) is 0 Å². The third-order valence-electron chi connectivity index (χ3n) is 6.73. The normalized spacial score (nSPS) is 28.1. The van der Waals surface area contributed by atoms with Crippen molar-refractivity contribution >= 4 is 50.9 Å². The van der Waals surface area contributed by atoms with Crippen LogP contribution in [-0.2, 0) is 0 Å². The molecule has 5 rings (SSSR count). The standard InChI is InChI=1S/C21H22IN3O2/c1-24-11-4-2-5-12(24)9-13(8-11)25-20(26)15-7-3-6-14-18(15)16(21(25)27)10-17(22)19(14)23/h3,6-7,10-13H,2,4-5,8-9,23H2,1H3/t11-,12+,13+. The van der Waals surface area contributed by atoms with Crippen LogP contribution in [-0.4, -0.2) is 46.8 Å². The monoisotopic (exact) mass is 475 g/mol. The van der Waals surface area contributed by atoms with Gasteiger partial charge in [-0.2, -0.15) is 0 Å². The number of carbonyl (C=O) groups is 2. The number of hydrogen-bond acceptors (Lipinski definition) is 4. The minimum atomic E-state index is -0.161. The van der Waals surface area contributed by atoms with Gasteiger partial charge in [0.25, 0.3) is 11.8 Å². The van der Waals surface area contributed by atoms with E-state index in [0.717, 1.165) is 40.0 Å². The number of piperidine rings is 2. The van der Waals surface area contributed by atoms with Gasteiger partial charge in [-0.15, -0.1) is 0 Å². The predicted octanol–water partition coefficient (Wildman–Crippen LogP) is 3.64. The lowest BCUT2D eigenvalue weighted by atomic mass is 9.80. The highest BCUT2D eigenvalue weighted by molar-refractivity contribution is 14.1. The van der Waals surface area contributed by atoms with Crippen LogP contribution in [0.3, 0.4) is 0 Å². The van der Waals surface area contributed by atoms with Gasteiger partial charge in [0.05, 0.1) is 5.69 Å². The number of halogens is 1. The number of amides is 2. The molecule has 2 aromatic rings. The molecule has 2 fully saturated rings. The fourth-order valence-corrected chi connectivity index (χ4v) is 5.90. The van der Waals surface area contributed by atoms with Crippen LogP contribution in [0, 0.1) is 3.57 Å². The molecule has 2 bridgehead atoms. The molecule has 6 heteroatoms. The van der Waals surface area contributed by atoms with Crippen LogP contribution < -0.4 is 5.73 Å². The van der Waals surface area contributed by atoms with Crippen molar-refractivity contribution in [2.75, 3.05) is 12.8 Å². The molecule has 0 radical (unpaired) electrons. The largest absolute Gasteiger partial charge is 0.397 e. The van der Waals surface area contributed by atoms with Crippen molar-refractivity contribution in [3.63, 3.8) is 0 Å². The first kappa shape index (κ1) is 17.4. The van der Waals surface area contributed by atoms with Gasteiger partial charge in [-0.3, -0.25) is 14.5 Å². The van der Waals surface area contributed by atoms with E-state index >= 15 is 0 Å². The third kappa shape index (κ3) is 2.45. The van der Waals surface area contributed by atoms with E-state index < -0.39 is 0 Å². The summed E-state index contributed by atoms with van der Waals surface area (Å²) < 4.78 is 0.857. The van der Waals surface area contributed by atoms with Crippen LogP contribution in [0.25, 0.3) is 10.8 Å². The Kier molecular flexibility index (Phi) is 3.98. The van der Waals surface area contributed by atoms with Gasteiger partial charge in [-0.05, 0) is 67.5 Å². The zero-order chi connectivity index (χ0) is 18.9. The van der Waals surface area contributed by atoms with Gasteiger partial charge in [0.1, 0.15) is 0 Å². The zero-order valence-electron chi connectivity index (χ0n) is 15.2. The summed E-state index contributed by atoms with van der Waals surface area (Å²) in [5, 5.41) is 1.52. The SMILES string of the molecule is CN1[C@@H]2CCC[C@H]1C[C@@H](N1C(=O)c3cccc4c(N)c(I)cc(c34)C1=O)C2. The van der Waals surface area contributed by atoms with Gasteiger partial charge in [0.2, 0.25) is 0 Å². The highest BCUT2D eigenvalue weighted by atomic mass is 127. The Labute approximate surface area is 172 Å². The van der Waals surface area contributed by atoms with E-state index in [1.165, 1.54) is 6.42 Å². The fourth-order valence-electron chi connectivity index (χ4n) is 5.30. The summed E-state index contributed by atoms with van der Waals surface area (Å²) in [5.74, 6) is -0.319. The van der Waals surface area contributed by atoms with Gasteiger partial charge < -0.3 is 10.6 Å². The van der Waals surface area contributed by atoms with Crippen molar-refractivity contribution in [3.05, 3.63) is 39.0 Å². The molecule has 3 aliphatic rings. The number of benzene rings is 2. The molecule has 0 unspecified atom stereocenters. The molecule has 3 aliphatic heterocycles. The highest BCUT2D eigenvalue weighted by Gasteiger charge is 2.44. The molecule has 2 saturated heterocycles. The lowest BCUT2D eigenvalue weighted by Gasteiger charge is -2.49. The summed E-state index contributed by atoms with van der Waals surface area (Å²) in [5.41, 5.74) is 8.09. The summed E-state index contributed by atoms with van der Waals surface area (Å²) in [4.78, 5) is 30.8. The second kappa shape index (κ2) is 6.17. The maximum absolute atomic E-state index is 13.4. The number of rotatable bonds is 1. The van der Waals surface area contributed by atoms with Crippen LogP contribution in [0.15, 0.2) is 24.3 Å². The Hall–Kier alpha value is -1.67. The van der Waals surface area contributed by atoms with Crippen molar-refractivity contribution in [1.82, 2.24) is 9.80 Å². The summed E-state index contributed by atoms with van der Waals surface area (Å²) in [6.07, 6.45) is 5.30. The van der Waals surface area contributed by atoms with Crippen molar-refractivity contribution in [1.29, 1.82) is 0 Å². The zero-order valence-corrected chi connectivity index (χ0v) is 17.4. The van der Waals surface area contributed by atoms with Crippen LogP contribution in [0.2, 0.25) is 0 Å². The number of imide groups is 1.